The molecule has 1 aromatic heterocycles. The molecular formula is C60H40N2. The molecule has 12 rings (SSSR count). The summed E-state index contributed by atoms with van der Waals surface area (Å²) in [6.45, 7) is 0. The van der Waals surface area contributed by atoms with Gasteiger partial charge in [0.1, 0.15) is 0 Å². The highest BCUT2D eigenvalue weighted by atomic mass is 15.1. The zero-order valence-electron chi connectivity index (χ0n) is 34.0. The first kappa shape index (κ1) is 35.7. The summed E-state index contributed by atoms with van der Waals surface area (Å²) >= 11 is 0. The molecule has 2 heteroatoms. The zero-order chi connectivity index (χ0) is 41.0. The largest absolute Gasteiger partial charge is 0.310 e. The Bertz CT molecular complexity index is 3590. The van der Waals surface area contributed by atoms with E-state index in [0.717, 1.165) is 28.3 Å². The van der Waals surface area contributed by atoms with E-state index in [1.807, 2.05) is 0 Å². The summed E-state index contributed by atoms with van der Waals surface area (Å²) in [6, 6.07) is 88.5. The van der Waals surface area contributed by atoms with Crippen molar-refractivity contribution in [3.05, 3.63) is 243 Å². The van der Waals surface area contributed by atoms with E-state index in [4.69, 9.17) is 0 Å². The number of fused-ring (bicyclic) bond motifs is 8. The number of rotatable bonds is 7. The molecule has 0 unspecified atom stereocenters. The smallest absolute Gasteiger partial charge is 0.0640 e. The lowest BCUT2D eigenvalue weighted by atomic mass is 9.93. The average Bonchev–Trinajstić information content (AvgIpc) is 3.70. The van der Waals surface area contributed by atoms with Gasteiger partial charge < -0.3 is 9.47 Å². The van der Waals surface area contributed by atoms with Crippen molar-refractivity contribution in [1.82, 2.24) is 4.57 Å². The Morgan fingerprint density at radius 3 is 1.50 bits per heavy atom. The predicted molar refractivity (Wildman–Crippen MR) is 264 cm³/mol. The van der Waals surface area contributed by atoms with Crippen LogP contribution in [0.25, 0.3) is 93.2 Å². The van der Waals surface area contributed by atoms with Crippen molar-refractivity contribution in [2.24, 2.45) is 0 Å². The van der Waals surface area contributed by atoms with Gasteiger partial charge in [-0.05, 0) is 115 Å². The van der Waals surface area contributed by atoms with Gasteiger partial charge in [-0.15, -0.1) is 0 Å². The molecule has 0 aliphatic rings. The van der Waals surface area contributed by atoms with Gasteiger partial charge in [-0.25, -0.2) is 0 Å². The number of nitrogens with zero attached hydrogens (tertiary/aromatic N) is 2. The van der Waals surface area contributed by atoms with E-state index in [0.29, 0.717) is 0 Å². The van der Waals surface area contributed by atoms with Crippen molar-refractivity contribution < 1.29 is 0 Å². The van der Waals surface area contributed by atoms with Crippen LogP contribution in [0.3, 0.4) is 0 Å². The maximum atomic E-state index is 2.49. The van der Waals surface area contributed by atoms with E-state index in [2.05, 4.69) is 252 Å². The van der Waals surface area contributed by atoms with Crippen LogP contribution in [-0.4, -0.2) is 4.57 Å². The number of anilines is 3. The van der Waals surface area contributed by atoms with E-state index >= 15 is 0 Å². The quantitative estimate of drug-likeness (QED) is 0.146. The van der Waals surface area contributed by atoms with E-state index in [9.17, 15) is 0 Å². The van der Waals surface area contributed by atoms with Gasteiger partial charge in [-0.1, -0.05) is 188 Å². The molecule has 62 heavy (non-hydrogen) atoms. The highest BCUT2D eigenvalue weighted by molar-refractivity contribution is 6.25. The summed E-state index contributed by atoms with van der Waals surface area (Å²) in [5, 5.41) is 9.86. The van der Waals surface area contributed by atoms with Gasteiger partial charge in [0.2, 0.25) is 0 Å². The fourth-order valence-corrected chi connectivity index (χ4v) is 9.64. The molecule has 0 amide bonds. The van der Waals surface area contributed by atoms with E-state index < -0.39 is 0 Å². The first-order valence-corrected chi connectivity index (χ1v) is 21.3. The monoisotopic (exact) mass is 788 g/mol. The van der Waals surface area contributed by atoms with Crippen molar-refractivity contribution >= 4 is 71.2 Å². The molecule has 0 radical (unpaired) electrons. The van der Waals surface area contributed by atoms with Crippen molar-refractivity contribution in [3.63, 3.8) is 0 Å². The molecule has 0 bridgehead atoms. The van der Waals surface area contributed by atoms with Crippen LogP contribution in [0.2, 0.25) is 0 Å². The molecule has 0 atom stereocenters. The fraction of sp³-hybridized carbons (Fsp3) is 0. The topological polar surface area (TPSA) is 8.17 Å². The van der Waals surface area contributed by atoms with E-state index in [1.54, 1.807) is 0 Å². The number of benzene rings is 11. The Kier molecular flexibility index (Phi) is 8.53. The van der Waals surface area contributed by atoms with Gasteiger partial charge in [0.05, 0.1) is 16.7 Å². The molecule has 0 N–H and O–H groups in total. The van der Waals surface area contributed by atoms with Gasteiger partial charge in [0.15, 0.2) is 0 Å². The Balaban J connectivity index is 1.12. The predicted octanol–water partition coefficient (Wildman–Crippen LogP) is 16.7. The summed E-state index contributed by atoms with van der Waals surface area (Å²) in [7, 11) is 0. The maximum absolute atomic E-state index is 2.49. The molecule has 0 aliphatic carbocycles. The van der Waals surface area contributed by atoms with Gasteiger partial charge in [0, 0.05) is 33.2 Å². The Hall–Kier alpha value is -8.20. The Labute approximate surface area is 360 Å². The minimum Gasteiger partial charge on any atom is -0.310 e. The minimum atomic E-state index is 1.09. The van der Waals surface area contributed by atoms with Gasteiger partial charge in [0.25, 0.3) is 0 Å². The number of para-hydroxylation sites is 1. The summed E-state index contributed by atoms with van der Waals surface area (Å²) in [6.07, 6.45) is 0. The van der Waals surface area contributed by atoms with Crippen LogP contribution in [0.5, 0.6) is 0 Å². The average molecular weight is 789 g/mol. The normalized spacial score (nSPS) is 11.5. The molecule has 2 nitrogen and oxygen atoms in total. The summed E-state index contributed by atoms with van der Waals surface area (Å²) in [4.78, 5) is 2.45. The molecule has 1 heterocycles. The SMILES string of the molecule is c1ccc(-c2ccc(-n3c4cc(-c5ccccc5)ccc4c4c(N(c5ccccc5)c5ccc(-c6cc7ccccc7c7ccccc67)cc5)cc5ccccc5c43)cc2)cc1. The third-order valence-electron chi connectivity index (χ3n) is 12.5. The number of hydrogen-bond donors (Lipinski definition) is 0. The van der Waals surface area contributed by atoms with Crippen LogP contribution in [0, 0.1) is 0 Å². The first-order chi connectivity index (χ1) is 30.8. The van der Waals surface area contributed by atoms with Gasteiger partial charge in [-0.3, -0.25) is 0 Å². The summed E-state index contributed by atoms with van der Waals surface area (Å²) in [5.74, 6) is 0. The van der Waals surface area contributed by atoms with Crippen molar-refractivity contribution in [2.75, 3.05) is 4.90 Å². The van der Waals surface area contributed by atoms with Gasteiger partial charge in [-0.2, -0.15) is 0 Å². The standard InChI is InChI=1S/C60H40N2/c1-4-16-41(17-5-1)43-28-33-50(34-29-43)62-57-39-45(42-18-6-2-7-19-42)32-37-55(57)59-58(40-47-21-11-13-25-52(47)60(59)62)61(48-22-8-3-9-23-48)49-35-30-44(31-36-49)56-38-46-20-10-12-24-51(46)53-26-14-15-27-54(53)56/h1-40H. The number of aromatic nitrogens is 1. The molecule has 0 fully saturated rings. The van der Waals surface area contributed by atoms with Crippen LogP contribution in [0.4, 0.5) is 17.1 Å². The second-order valence-corrected chi connectivity index (χ2v) is 16.1. The van der Waals surface area contributed by atoms with Crippen molar-refractivity contribution in [2.45, 2.75) is 0 Å². The molecule has 290 valence electrons. The van der Waals surface area contributed by atoms with Crippen LogP contribution in [0.1, 0.15) is 0 Å². The van der Waals surface area contributed by atoms with Crippen LogP contribution >= 0.6 is 0 Å². The molecule has 0 saturated carbocycles. The van der Waals surface area contributed by atoms with E-state index in [-0.39, 0.29) is 0 Å². The van der Waals surface area contributed by atoms with Gasteiger partial charge >= 0.3 is 0 Å². The maximum Gasteiger partial charge on any atom is 0.0640 e. The Morgan fingerprint density at radius 1 is 0.306 bits per heavy atom. The molecule has 0 aliphatic heterocycles. The third kappa shape index (κ3) is 5.96. The lowest BCUT2D eigenvalue weighted by Gasteiger charge is -2.27. The molecule has 11 aromatic carbocycles. The zero-order valence-corrected chi connectivity index (χ0v) is 34.0. The minimum absolute atomic E-state index is 1.09. The van der Waals surface area contributed by atoms with Crippen LogP contribution < -0.4 is 4.90 Å². The highest BCUT2D eigenvalue weighted by Gasteiger charge is 2.24. The third-order valence-corrected chi connectivity index (χ3v) is 12.5. The van der Waals surface area contributed by atoms with Crippen molar-refractivity contribution in [1.29, 1.82) is 0 Å². The molecular weight excluding hydrogens is 749 g/mol. The second kappa shape index (κ2) is 14.8. The highest BCUT2D eigenvalue weighted by Crippen LogP contribution is 2.48. The summed E-state index contributed by atoms with van der Waals surface area (Å²) < 4.78 is 2.49. The van der Waals surface area contributed by atoms with Crippen molar-refractivity contribution in [3.8, 4) is 39.1 Å². The second-order valence-electron chi connectivity index (χ2n) is 16.1. The molecule has 0 spiro atoms. The number of hydrogen-bond acceptors (Lipinski definition) is 1. The summed E-state index contributed by atoms with van der Waals surface area (Å²) in [5.41, 5.74) is 14.0. The van der Waals surface area contributed by atoms with Crippen LogP contribution in [-0.2, 0) is 0 Å². The fourth-order valence-electron chi connectivity index (χ4n) is 9.64. The Morgan fingerprint density at radius 2 is 0.806 bits per heavy atom. The first-order valence-electron chi connectivity index (χ1n) is 21.3. The molecule has 12 aromatic rings. The van der Waals surface area contributed by atoms with E-state index in [1.165, 1.54) is 82.0 Å². The lowest BCUT2D eigenvalue weighted by Crippen LogP contribution is -2.10. The lowest BCUT2D eigenvalue weighted by molar-refractivity contribution is 1.19. The van der Waals surface area contributed by atoms with Crippen LogP contribution in [0.15, 0.2) is 243 Å². The molecule has 0 saturated heterocycles.